The zero-order valence-corrected chi connectivity index (χ0v) is 18.5. The van der Waals surface area contributed by atoms with Gasteiger partial charge in [0, 0.05) is 24.1 Å². The minimum absolute atomic E-state index is 0.0725. The van der Waals surface area contributed by atoms with Crippen molar-refractivity contribution in [1.29, 1.82) is 0 Å². The number of aromatic nitrogens is 3. The summed E-state index contributed by atoms with van der Waals surface area (Å²) in [5.41, 5.74) is 6.45. The Morgan fingerprint density at radius 1 is 1.00 bits per heavy atom. The van der Waals surface area contributed by atoms with E-state index in [9.17, 15) is 22.8 Å². The molecule has 7 nitrogen and oxygen atoms in total. The highest BCUT2D eigenvalue weighted by atomic mass is 19.4. The van der Waals surface area contributed by atoms with Crippen molar-refractivity contribution in [2.75, 3.05) is 5.73 Å². The van der Waals surface area contributed by atoms with E-state index in [1.165, 1.54) is 25.1 Å². The third-order valence-electron chi connectivity index (χ3n) is 5.29. The van der Waals surface area contributed by atoms with Gasteiger partial charge in [0.1, 0.15) is 5.69 Å². The lowest BCUT2D eigenvalue weighted by molar-refractivity contribution is -0.137. The molecule has 2 aromatic heterocycles. The van der Waals surface area contributed by atoms with Gasteiger partial charge in [0.25, 0.3) is 11.5 Å². The summed E-state index contributed by atoms with van der Waals surface area (Å²) in [7, 11) is 0. The lowest BCUT2D eigenvalue weighted by Crippen LogP contribution is -2.30. The van der Waals surface area contributed by atoms with Crippen molar-refractivity contribution < 1.29 is 18.0 Å². The molecule has 4 rings (SSSR count). The summed E-state index contributed by atoms with van der Waals surface area (Å²) in [5.74, 6) is -0.660. The van der Waals surface area contributed by atoms with Crippen molar-refractivity contribution in [1.82, 2.24) is 20.1 Å². The highest BCUT2D eigenvalue weighted by Crippen LogP contribution is 2.32. The fourth-order valence-corrected chi connectivity index (χ4v) is 3.52. The fraction of sp³-hybridized carbons (Fsp3) is 0.120. The fourth-order valence-electron chi connectivity index (χ4n) is 3.52. The normalized spacial score (nSPS) is 12.2. The Morgan fingerprint density at radius 3 is 2.46 bits per heavy atom. The number of nitrogens with zero attached hydrogens (tertiary/aromatic N) is 3. The monoisotopic (exact) mass is 479 g/mol. The number of nitrogen functional groups attached to an aromatic ring is 1. The van der Waals surface area contributed by atoms with Crippen LogP contribution in [0.3, 0.4) is 0 Å². The predicted molar refractivity (Wildman–Crippen MR) is 125 cm³/mol. The molecule has 0 radical (unpaired) electrons. The van der Waals surface area contributed by atoms with Gasteiger partial charge in [-0.15, -0.1) is 0 Å². The molecule has 4 aromatic rings. The number of alkyl halides is 3. The number of carbonyl (C=O) groups is 1. The third-order valence-corrected chi connectivity index (χ3v) is 5.29. The van der Waals surface area contributed by atoms with Crippen molar-refractivity contribution in [3.05, 3.63) is 106 Å². The molecule has 0 saturated carbocycles. The Kier molecular flexibility index (Phi) is 6.37. The topological polar surface area (TPSA) is 103 Å². The Bertz CT molecular complexity index is 1440. The minimum Gasteiger partial charge on any atom is -0.399 e. The van der Waals surface area contributed by atoms with Crippen molar-refractivity contribution in [3.63, 3.8) is 0 Å². The summed E-state index contributed by atoms with van der Waals surface area (Å²) in [6, 6.07) is 15.5. The lowest BCUT2D eigenvalue weighted by Gasteiger charge is -2.17. The molecule has 0 spiro atoms. The molecular weight excluding hydrogens is 459 g/mol. The summed E-state index contributed by atoms with van der Waals surface area (Å²) < 4.78 is 40.5. The van der Waals surface area contributed by atoms with E-state index in [1.807, 2.05) is 18.2 Å². The van der Waals surface area contributed by atoms with Gasteiger partial charge in [-0.1, -0.05) is 12.1 Å². The van der Waals surface area contributed by atoms with Gasteiger partial charge in [-0.2, -0.15) is 23.0 Å². The molecule has 0 bridgehead atoms. The zero-order chi connectivity index (χ0) is 25.2. The number of hydrogen-bond acceptors (Lipinski definition) is 5. The molecular formula is C25H20F3N5O2. The standard InChI is InChI=1S/C25H20F3N5O2/c1-15(18-11-19(25(26,27)28)14-20(29)12-18)31-24(35)22-5-6-23(34)33(32-22)21-4-2-3-17(13-21)16-7-9-30-10-8-16/h2-15H,29H2,1H3,(H,31,35)/t15-/m1/s1. The Labute approximate surface area is 198 Å². The first kappa shape index (κ1) is 23.7. The summed E-state index contributed by atoms with van der Waals surface area (Å²) in [6.07, 6.45) is -1.27. The molecule has 2 heterocycles. The van der Waals surface area contributed by atoms with E-state index in [-0.39, 0.29) is 16.9 Å². The number of hydrogen-bond donors (Lipinski definition) is 2. The van der Waals surface area contributed by atoms with Crippen LogP contribution < -0.4 is 16.6 Å². The molecule has 0 saturated heterocycles. The molecule has 0 fully saturated rings. The lowest BCUT2D eigenvalue weighted by atomic mass is 10.0. The number of carbonyl (C=O) groups excluding carboxylic acids is 1. The van der Waals surface area contributed by atoms with Crippen LogP contribution in [0.4, 0.5) is 18.9 Å². The van der Waals surface area contributed by atoms with E-state index < -0.39 is 29.2 Å². The maximum Gasteiger partial charge on any atom is 0.416 e. The number of pyridine rings is 1. The van der Waals surface area contributed by atoms with Crippen LogP contribution in [0.1, 0.15) is 34.6 Å². The maximum absolute atomic E-state index is 13.1. The van der Waals surface area contributed by atoms with Gasteiger partial charge < -0.3 is 11.1 Å². The summed E-state index contributed by atoms with van der Waals surface area (Å²) >= 11 is 0. The highest BCUT2D eigenvalue weighted by molar-refractivity contribution is 5.92. The number of benzene rings is 2. The molecule has 0 aliphatic carbocycles. The van der Waals surface area contributed by atoms with Crippen molar-refractivity contribution >= 4 is 11.6 Å². The molecule has 3 N–H and O–H groups in total. The van der Waals surface area contributed by atoms with Crippen LogP contribution in [-0.4, -0.2) is 20.7 Å². The van der Waals surface area contributed by atoms with E-state index in [4.69, 9.17) is 5.73 Å². The van der Waals surface area contributed by atoms with Crippen LogP contribution in [0.15, 0.2) is 83.9 Å². The Morgan fingerprint density at radius 2 is 1.74 bits per heavy atom. The van der Waals surface area contributed by atoms with Crippen LogP contribution in [0, 0.1) is 0 Å². The SMILES string of the molecule is C[C@@H](NC(=O)c1ccc(=O)n(-c2cccc(-c3ccncc3)c2)n1)c1cc(N)cc(C(F)(F)F)c1. The number of nitrogens with two attached hydrogens (primary N) is 1. The second-order valence-corrected chi connectivity index (χ2v) is 7.84. The summed E-state index contributed by atoms with van der Waals surface area (Å²) in [4.78, 5) is 29.3. The average Bonchev–Trinajstić information content (AvgIpc) is 2.84. The Balaban J connectivity index is 1.61. The first-order valence-electron chi connectivity index (χ1n) is 10.5. The van der Waals surface area contributed by atoms with Gasteiger partial charge >= 0.3 is 6.18 Å². The van der Waals surface area contributed by atoms with E-state index in [2.05, 4.69) is 15.4 Å². The summed E-state index contributed by atoms with van der Waals surface area (Å²) in [5, 5.41) is 6.78. The summed E-state index contributed by atoms with van der Waals surface area (Å²) in [6.45, 7) is 1.53. The molecule has 35 heavy (non-hydrogen) atoms. The molecule has 10 heteroatoms. The number of nitrogens with one attached hydrogen (secondary N) is 1. The van der Waals surface area contributed by atoms with Crippen molar-refractivity contribution in [2.24, 2.45) is 0 Å². The molecule has 1 amide bonds. The average molecular weight is 479 g/mol. The van der Waals surface area contributed by atoms with E-state index in [1.54, 1.807) is 30.6 Å². The van der Waals surface area contributed by atoms with Crippen LogP contribution >= 0.6 is 0 Å². The van der Waals surface area contributed by atoms with Crippen molar-refractivity contribution in [2.45, 2.75) is 19.1 Å². The molecule has 0 unspecified atom stereocenters. The van der Waals surface area contributed by atoms with E-state index in [0.717, 1.165) is 27.9 Å². The molecule has 1 atom stereocenters. The largest absolute Gasteiger partial charge is 0.416 e. The minimum atomic E-state index is -4.57. The molecule has 178 valence electrons. The van der Waals surface area contributed by atoms with Crippen molar-refractivity contribution in [3.8, 4) is 16.8 Å². The predicted octanol–water partition coefficient (Wildman–Crippen LogP) is 4.39. The Hall–Kier alpha value is -4.47. The number of anilines is 1. The number of halogens is 3. The van der Waals surface area contributed by atoms with Gasteiger partial charge in [0.15, 0.2) is 0 Å². The maximum atomic E-state index is 13.1. The quantitative estimate of drug-likeness (QED) is 0.414. The molecule has 0 aliphatic rings. The smallest absolute Gasteiger partial charge is 0.399 e. The first-order chi connectivity index (χ1) is 16.6. The van der Waals surface area contributed by atoms with Crippen LogP contribution in [0.25, 0.3) is 16.8 Å². The number of rotatable bonds is 5. The van der Waals surface area contributed by atoms with Gasteiger partial charge in [0.2, 0.25) is 0 Å². The van der Waals surface area contributed by atoms with Gasteiger partial charge in [0.05, 0.1) is 17.3 Å². The zero-order valence-electron chi connectivity index (χ0n) is 18.5. The van der Waals surface area contributed by atoms with Crippen LogP contribution in [-0.2, 0) is 6.18 Å². The third kappa shape index (κ3) is 5.37. The second-order valence-electron chi connectivity index (χ2n) is 7.84. The van der Waals surface area contributed by atoms with Crippen LogP contribution in [0.2, 0.25) is 0 Å². The molecule has 2 aromatic carbocycles. The van der Waals surface area contributed by atoms with E-state index >= 15 is 0 Å². The van der Waals surface area contributed by atoms with Gasteiger partial charge in [-0.25, -0.2) is 0 Å². The first-order valence-corrected chi connectivity index (χ1v) is 10.5. The highest BCUT2D eigenvalue weighted by Gasteiger charge is 2.31. The van der Waals surface area contributed by atoms with Gasteiger partial charge in [-0.3, -0.25) is 14.6 Å². The van der Waals surface area contributed by atoms with Gasteiger partial charge in [-0.05, 0) is 72.1 Å². The van der Waals surface area contributed by atoms with Crippen LogP contribution in [0.5, 0.6) is 0 Å². The molecule has 0 aliphatic heterocycles. The number of amides is 1. The van der Waals surface area contributed by atoms with E-state index in [0.29, 0.717) is 5.69 Å². The second kappa shape index (κ2) is 9.41.